The first kappa shape index (κ1) is 13.0. The summed E-state index contributed by atoms with van der Waals surface area (Å²) >= 11 is 0. The van der Waals surface area contributed by atoms with E-state index in [2.05, 4.69) is 19.9 Å². The standard InChI is InChI=1S/C15H16N6O/c1-11-16-8-12-9-19(6-7-20(11)12)15(22)10-21-14-5-3-2-4-13(14)17-18-21/h2-5,8H,6-7,9-10H2,1H3. The first-order chi connectivity index (χ1) is 10.7. The van der Waals surface area contributed by atoms with Crippen molar-refractivity contribution < 1.29 is 4.79 Å². The lowest BCUT2D eigenvalue weighted by molar-refractivity contribution is -0.133. The Bertz CT molecular complexity index is 849. The summed E-state index contributed by atoms with van der Waals surface area (Å²) in [6, 6.07) is 7.66. The Labute approximate surface area is 127 Å². The molecule has 1 aromatic carbocycles. The van der Waals surface area contributed by atoms with Crippen LogP contribution in [-0.4, -0.2) is 41.9 Å². The van der Waals surface area contributed by atoms with Gasteiger partial charge in [0.15, 0.2) is 0 Å². The number of nitrogens with zero attached hydrogens (tertiary/aromatic N) is 6. The van der Waals surface area contributed by atoms with Crippen molar-refractivity contribution in [2.45, 2.75) is 26.6 Å². The third kappa shape index (κ3) is 2.05. The number of aryl methyl sites for hydroxylation is 1. The summed E-state index contributed by atoms with van der Waals surface area (Å²) in [5.41, 5.74) is 2.77. The molecule has 7 nitrogen and oxygen atoms in total. The van der Waals surface area contributed by atoms with Crippen molar-refractivity contribution in [3.05, 3.63) is 42.0 Å². The van der Waals surface area contributed by atoms with Crippen LogP contribution in [0.3, 0.4) is 0 Å². The molecule has 0 spiro atoms. The molecule has 0 unspecified atom stereocenters. The van der Waals surface area contributed by atoms with Crippen LogP contribution in [0, 0.1) is 6.92 Å². The minimum Gasteiger partial charge on any atom is -0.333 e. The fourth-order valence-electron chi connectivity index (χ4n) is 2.92. The van der Waals surface area contributed by atoms with Crippen LogP contribution in [-0.2, 0) is 24.4 Å². The summed E-state index contributed by atoms with van der Waals surface area (Å²) in [5, 5.41) is 8.16. The number of carbonyl (C=O) groups is 1. The molecule has 1 aliphatic heterocycles. The Morgan fingerprint density at radius 1 is 1.27 bits per heavy atom. The van der Waals surface area contributed by atoms with Gasteiger partial charge in [0.2, 0.25) is 5.91 Å². The molecule has 3 aromatic rings. The number of carbonyl (C=O) groups excluding carboxylic acids is 1. The van der Waals surface area contributed by atoms with Gasteiger partial charge in [0.25, 0.3) is 0 Å². The highest BCUT2D eigenvalue weighted by Gasteiger charge is 2.22. The van der Waals surface area contributed by atoms with E-state index in [0.717, 1.165) is 29.1 Å². The molecule has 0 bridgehead atoms. The summed E-state index contributed by atoms with van der Waals surface area (Å²) in [5.74, 6) is 1.06. The molecule has 0 radical (unpaired) electrons. The Balaban J connectivity index is 1.53. The third-order valence-corrected chi connectivity index (χ3v) is 4.14. The number of aromatic nitrogens is 5. The Morgan fingerprint density at radius 2 is 2.14 bits per heavy atom. The van der Waals surface area contributed by atoms with Crippen LogP contribution < -0.4 is 0 Å². The van der Waals surface area contributed by atoms with E-state index in [-0.39, 0.29) is 12.5 Å². The molecule has 1 amide bonds. The van der Waals surface area contributed by atoms with Crippen molar-refractivity contribution in [3.63, 3.8) is 0 Å². The van der Waals surface area contributed by atoms with E-state index >= 15 is 0 Å². The van der Waals surface area contributed by atoms with Crippen LogP contribution in [0.1, 0.15) is 11.5 Å². The highest BCUT2D eigenvalue weighted by Crippen LogP contribution is 2.15. The maximum Gasteiger partial charge on any atom is 0.244 e. The highest BCUT2D eigenvalue weighted by atomic mass is 16.2. The van der Waals surface area contributed by atoms with Gasteiger partial charge in [-0.1, -0.05) is 17.3 Å². The van der Waals surface area contributed by atoms with Gasteiger partial charge in [-0.15, -0.1) is 5.10 Å². The Morgan fingerprint density at radius 3 is 3.05 bits per heavy atom. The molecule has 22 heavy (non-hydrogen) atoms. The highest BCUT2D eigenvalue weighted by molar-refractivity contribution is 5.79. The lowest BCUT2D eigenvalue weighted by Gasteiger charge is -2.28. The summed E-state index contributed by atoms with van der Waals surface area (Å²) < 4.78 is 3.82. The average Bonchev–Trinajstić information content (AvgIpc) is 3.12. The van der Waals surface area contributed by atoms with Gasteiger partial charge in [-0.2, -0.15) is 0 Å². The molecular formula is C15H16N6O. The number of fused-ring (bicyclic) bond motifs is 2. The molecule has 3 heterocycles. The Hall–Kier alpha value is -2.70. The molecule has 4 rings (SSSR count). The second kappa shape index (κ2) is 4.94. The van der Waals surface area contributed by atoms with Crippen molar-refractivity contribution in [2.75, 3.05) is 6.54 Å². The SMILES string of the molecule is Cc1ncc2n1CCN(C(=O)Cn1nnc3ccccc31)C2. The minimum atomic E-state index is 0.0563. The van der Waals surface area contributed by atoms with Crippen molar-refractivity contribution in [1.82, 2.24) is 29.4 Å². The summed E-state index contributed by atoms with van der Waals surface area (Å²) in [4.78, 5) is 18.7. The van der Waals surface area contributed by atoms with E-state index < -0.39 is 0 Å². The summed E-state index contributed by atoms with van der Waals surface area (Å²) in [6.07, 6.45) is 1.85. The first-order valence-electron chi connectivity index (χ1n) is 7.29. The molecule has 0 fully saturated rings. The largest absolute Gasteiger partial charge is 0.333 e. The van der Waals surface area contributed by atoms with Crippen molar-refractivity contribution in [1.29, 1.82) is 0 Å². The molecule has 0 atom stereocenters. The number of hydrogen-bond acceptors (Lipinski definition) is 4. The third-order valence-electron chi connectivity index (χ3n) is 4.14. The van der Waals surface area contributed by atoms with Gasteiger partial charge in [-0.25, -0.2) is 9.67 Å². The zero-order valence-electron chi connectivity index (χ0n) is 12.3. The molecule has 1 aliphatic rings. The average molecular weight is 296 g/mol. The second-order valence-electron chi connectivity index (χ2n) is 5.50. The van der Waals surface area contributed by atoms with Gasteiger partial charge in [-0.05, 0) is 19.1 Å². The predicted molar refractivity (Wildman–Crippen MR) is 79.9 cm³/mol. The van der Waals surface area contributed by atoms with Crippen LogP contribution in [0.5, 0.6) is 0 Å². The van der Waals surface area contributed by atoms with Gasteiger partial charge >= 0.3 is 0 Å². The zero-order chi connectivity index (χ0) is 15.1. The predicted octanol–water partition coefficient (Wildman–Crippen LogP) is 0.979. The smallest absolute Gasteiger partial charge is 0.244 e. The van der Waals surface area contributed by atoms with Gasteiger partial charge in [0, 0.05) is 13.1 Å². The van der Waals surface area contributed by atoms with Crippen LogP contribution in [0.15, 0.2) is 30.5 Å². The number of rotatable bonds is 2. The number of para-hydroxylation sites is 1. The van der Waals surface area contributed by atoms with Crippen molar-refractivity contribution in [3.8, 4) is 0 Å². The van der Waals surface area contributed by atoms with Crippen molar-refractivity contribution >= 4 is 16.9 Å². The lowest BCUT2D eigenvalue weighted by atomic mass is 10.3. The van der Waals surface area contributed by atoms with Crippen LogP contribution in [0.4, 0.5) is 0 Å². The number of hydrogen-bond donors (Lipinski definition) is 0. The fourth-order valence-corrected chi connectivity index (χ4v) is 2.92. The fraction of sp³-hybridized carbons (Fsp3) is 0.333. The molecule has 2 aromatic heterocycles. The minimum absolute atomic E-state index is 0.0563. The van der Waals surface area contributed by atoms with Crippen LogP contribution >= 0.6 is 0 Å². The van der Waals surface area contributed by atoms with Gasteiger partial charge in [0.1, 0.15) is 17.9 Å². The van der Waals surface area contributed by atoms with Crippen LogP contribution in [0.25, 0.3) is 11.0 Å². The van der Waals surface area contributed by atoms with Crippen molar-refractivity contribution in [2.24, 2.45) is 0 Å². The molecule has 0 N–H and O–H groups in total. The maximum absolute atomic E-state index is 12.5. The maximum atomic E-state index is 12.5. The van der Waals surface area contributed by atoms with Gasteiger partial charge < -0.3 is 9.47 Å². The van der Waals surface area contributed by atoms with E-state index in [1.807, 2.05) is 42.3 Å². The van der Waals surface area contributed by atoms with E-state index in [4.69, 9.17) is 0 Å². The van der Waals surface area contributed by atoms with E-state index in [1.165, 1.54) is 0 Å². The molecule has 0 saturated heterocycles. The molecular weight excluding hydrogens is 280 g/mol. The number of benzene rings is 1. The summed E-state index contributed by atoms with van der Waals surface area (Å²) in [6.45, 7) is 4.31. The second-order valence-corrected chi connectivity index (χ2v) is 5.50. The number of imidazole rings is 1. The molecule has 0 saturated carbocycles. The van der Waals surface area contributed by atoms with Crippen LogP contribution in [0.2, 0.25) is 0 Å². The quantitative estimate of drug-likeness (QED) is 0.707. The van der Waals surface area contributed by atoms with Gasteiger partial charge in [-0.3, -0.25) is 4.79 Å². The normalized spacial score (nSPS) is 14.3. The van der Waals surface area contributed by atoms with Gasteiger partial charge in [0.05, 0.1) is 24.0 Å². The lowest BCUT2D eigenvalue weighted by Crippen LogP contribution is -2.40. The molecule has 0 aliphatic carbocycles. The summed E-state index contributed by atoms with van der Waals surface area (Å²) in [7, 11) is 0. The van der Waals surface area contributed by atoms with E-state index in [1.54, 1.807) is 4.68 Å². The zero-order valence-corrected chi connectivity index (χ0v) is 12.3. The van der Waals surface area contributed by atoms with E-state index in [9.17, 15) is 4.79 Å². The Kier molecular flexibility index (Phi) is 2.92. The van der Waals surface area contributed by atoms with E-state index in [0.29, 0.717) is 13.1 Å². The number of amides is 1. The molecule has 7 heteroatoms. The molecule has 112 valence electrons. The first-order valence-corrected chi connectivity index (χ1v) is 7.29. The topological polar surface area (TPSA) is 68.8 Å². The monoisotopic (exact) mass is 296 g/mol.